The van der Waals surface area contributed by atoms with Gasteiger partial charge in [0.1, 0.15) is 6.04 Å². The van der Waals surface area contributed by atoms with Gasteiger partial charge in [0.25, 0.3) is 5.91 Å². The van der Waals surface area contributed by atoms with Gasteiger partial charge in [0, 0.05) is 6.54 Å². The highest BCUT2D eigenvalue weighted by Crippen LogP contribution is 2.37. The van der Waals surface area contributed by atoms with Gasteiger partial charge in [-0.15, -0.1) is 0 Å². The molecule has 2 amide bonds. The summed E-state index contributed by atoms with van der Waals surface area (Å²) in [5.74, 6) is -1.20. The van der Waals surface area contributed by atoms with Crippen molar-refractivity contribution in [2.75, 3.05) is 22.1 Å². The largest absolute Gasteiger partial charge is 0.449 e. The van der Waals surface area contributed by atoms with Gasteiger partial charge >= 0.3 is 5.97 Å². The molecule has 2 aromatic rings. The average Bonchev–Trinajstić information content (AvgIpc) is 3.20. The quantitative estimate of drug-likeness (QED) is 0.749. The Morgan fingerprint density at radius 2 is 2.07 bits per heavy atom. The summed E-state index contributed by atoms with van der Waals surface area (Å²) in [4.78, 5) is 39.2. The highest BCUT2D eigenvalue weighted by Gasteiger charge is 2.36. The van der Waals surface area contributed by atoms with Crippen molar-refractivity contribution in [3.05, 3.63) is 53.1 Å². The minimum absolute atomic E-state index is 0.0620. The average molecular weight is 414 g/mol. The highest BCUT2D eigenvalue weighted by atomic mass is 35.5. The van der Waals surface area contributed by atoms with Crippen molar-refractivity contribution in [3.8, 4) is 0 Å². The lowest BCUT2D eigenvalue weighted by Gasteiger charge is -2.33. The van der Waals surface area contributed by atoms with Crippen LogP contribution in [0.15, 0.2) is 42.5 Å². The van der Waals surface area contributed by atoms with Gasteiger partial charge in [-0.05, 0) is 50.1 Å². The van der Waals surface area contributed by atoms with Gasteiger partial charge in [-0.3, -0.25) is 9.59 Å². The molecule has 0 unspecified atom stereocenters. The summed E-state index contributed by atoms with van der Waals surface area (Å²) in [6.07, 6.45) is 0.763. The zero-order valence-corrected chi connectivity index (χ0v) is 16.5. The number of fused-ring (bicyclic) bond motifs is 3. The predicted octanol–water partition coefficient (Wildman–Crippen LogP) is 3.44. The summed E-state index contributed by atoms with van der Waals surface area (Å²) in [5, 5.41) is 5.89. The van der Waals surface area contributed by atoms with E-state index in [1.165, 1.54) is 6.92 Å². The topological polar surface area (TPSA) is 87.7 Å². The molecule has 2 aliphatic rings. The number of esters is 1. The second-order valence-electron chi connectivity index (χ2n) is 7.09. The molecule has 4 rings (SSSR count). The molecular weight excluding hydrogens is 394 g/mol. The van der Waals surface area contributed by atoms with E-state index in [9.17, 15) is 14.4 Å². The van der Waals surface area contributed by atoms with Crippen LogP contribution in [0.5, 0.6) is 0 Å². The van der Waals surface area contributed by atoms with E-state index < -0.39 is 18.0 Å². The fourth-order valence-electron chi connectivity index (χ4n) is 3.64. The first-order chi connectivity index (χ1) is 13.9. The van der Waals surface area contributed by atoms with Crippen molar-refractivity contribution < 1.29 is 19.1 Å². The molecule has 2 atom stereocenters. The van der Waals surface area contributed by atoms with Gasteiger partial charge in [0.05, 0.1) is 27.6 Å². The zero-order valence-electron chi connectivity index (χ0n) is 15.8. The maximum absolute atomic E-state index is 12.5. The van der Waals surface area contributed by atoms with E-state index in [1.54, 1.807) is 42.5 Å². The Bertz CT molecular complexity index is 994. The number of nitrogens with one attached hydrogen (secondary N) is 2. The van der Waals surface area contributed by atoms with Crippen LogP contribution in [-0.2, 0) is 14.3 Å². The molecule has 0 bridgehead atoms. The highest BCUT2D eigenvalue weighted by molar-refractivity contribution is 6.33. The van der Waals surface area contributed by atoms with Gasteiger partial charge in [-0.25, -0.2) is 4.79 Å². The number of hydrogen-bond acceptors (Lipinski definition) is 5. The number of rotatable bonds is 4. The SMILES string of the molecule is C[C@@H](OC(=O)c1ccc2c(c1)NC(=O)[C@@H]1CCCN21)C(=O)Nc1ccccc1Cl. The number of para-hydroxylation sites is 1. The van der Waals surface area contributed by atoms with E-state index in [1.807, 2.05) is 0 Å². The van der Waals surface area contributed by atoms with Crippen LogP contribution in [0.3, 0.4) is 0 Å². The van der Waals surface area contributed by atoms with Crippen LogP contribution in [-0.4, -0.2) is 36.5 Å². The fourth-order valence-corrected chi connectivity index (χ4v) is 3.82. The number of carbonyl (C=O) groups excluding carboxylic acids is 3. The number of amides is 2. The van der Waals surface area contributed by atoms with Crippen LogP contribution in [0.1, 0.15) is 30.1 Å². The van der Waals surface area contributed by atoms with E-state index in [-0.39, 0.29) is 17.5 Å². The first kappa shape index (κ1) is 19.3. The molecule has 29 heavy (non-hydrogen) atoms. The summed E-state index contributed by atoms with van der Waals surface area (Å²) in [6.45, 7) is 2.30. The molecule has 7 nitrogen and oxygen atoms in total. The summed E-state index contributed by atoms with van der Waals surface area (Å²) >= 11 is 6.03. The second kappa shape index (κ2) is 7.75. The number of hydrogen-bond donors (Lipinski definition) is 2. The number of benzene rings is 2. The molecule has 2 N–H and O–H groups in total. The Labute approximate surface area is 173 Å². The van der Waals surface area contributed by atoms with Gasteiger partial charge in [-0.1, -0.05) is 23.7 Å². The first-order valence-electron chi connectivity index (χ1n) is 9.42. The molecule has 150 valence electrons. The number of halogens is 1. The maximum atomic E-state index is 12.5. The summed E-state index contributed by atoms with van der Waals surface area (Å²) < 4.78 is 5.29. The molecule has 1 saturated heterocycles. The van der Waals surface area contributed by atoms with Crippen molar-refractivity contribution in [1.82, 2.24) is 0 Å². The Balaban J connectivity index is 1.45. The molecule has 8 heteroatoms. The van der Waals surface area contributed by atoms with Crippen LogP contribution in [0.25, 0.3) is 0 Å². The molecular formula is C21H20ClN3O4. The lowest BCUT2D eigenvalue weighted by molar-refractivity contribution is -0.123. The zero-order chi connectivity index (χ0) is 20.5. The Morgan fingerprint density at radius 3 is 2.86 bits per heavy atom. The summed E-state index contributed by atoms with van der Waals surface area (Å²) in [6, 6.07) is 11.7. The molecule has 0 aliphatic carbocycles. The Kier molecular flexibility index (Phi) is 5.15. The monoisotopic (exact) mass is 413 g/mol. The third-order valence-electron chi connectivity index (χ3n) is 5.14. The van der Waals surface area contributed by atoms with Gasteiger partial charge in [0.15, 0.2) is 6.10 Å². The molecule has 2 aromatic carbocycles. The standard InChI is InChI=1S/C21H20ClN3O4/c1-12(19(26)23-15-6-3-2-5-14(15)22)29-21(28)13-8-9-17-16(11-13)24-20(27)18-7-4-10-25(17)18/h2-3,5-6,8-9,11-12,18H,4,7,10H2,1H3,(H,23,26)(H,24,27)/t12-,18+/m1/s1. The van der Waals surface area contributed by atoms with Crippen molar-refractivity contribution in [2.24, 2.45) is 0 Å². The van der Waals surface area contributed by atoms with E-state index in [0.29, 0.717) is 16.4 Å². The minimum Gasteiger partial charge on any atom is -0.449 e. The third kappa shape index (κ3) is 3.78. The van der Waals surface area contributed by atoms with Crippen LogP contribution < -0.4 is 15.5 Å². The van der Waals surface area contributed by atoms with E-state index >= 15 is 0 Å². The molecule has 0 spiro atoms. The summed E-state index contributed by atoms with van der Waals surface area (Å²) in [5.41, 5.74) is 2.18. The van der Waals surface area contributed by atoms with Crippen LogP contribution >= 0.6 is 11.6 Å². The van der Waals surface area contributed by atoms with Crippen LogP contribution in [0, 0.1) is 0 Å². The van der Waals surface area contributed by atoms with Gasteiger partial charge < -0.3 is 20.3 Å². The van der Waals surface area contributed by atoms with Crippen LogP contribution in [0.4, 0.5) is 17.1 Å². The first-order valence-corrected chi connectivity index (χ1v) is 9.80. The molecule has 2 aliphatic heterocycles. The third-order valence-corrected chi connectivity index (χ3v) is 5.47. The molecule has 1 fully saturated rings. The molecule has 0 saturated carbocycles. The van der Waals surface area contributed by atoms with Crippen molar-refractivity contribution in [3.63, 3.8) is 0 Å². The Morgan fingerprint density at radius 1 is 1.28 bits per heavy atom. The number of nitrogens with zero attached hydrogens (tertiary/aromatic N) is 1. The second-order valence-corrected chi connectivity index (χ2v) is 7.50. The van der Waals surface area contributed by atoms with Crippen molar-refractivity contribution in [1.29, 1.82) is 0 Å². The molecule has 0 aromatic heterocycles. The number of ether oxygens (including phenoxy) is 1. The smallest absolute Gasteiger partial charge is 0.338 e. The number of anilines is 3. The Hall–Kier alpha value is -3.06. The molecule has 2 heterocycles. The van der Waals surface area contributed by atoms with Crippen molar-refractivity contribution in [2.45, 2.75) is 31.9 Å². The lowest BCUT2D eigenvalue weighted by atomic mass is 10.1. The minimum atomic E-state index is -1.02. The van der Waals surface area contributed by atoms with Crippen LogP contribution in [0.2, 0.25) is 5.02 Å². The van der Waals surface area contributed by atoms with E-state index in [2.05, 4.69) is 15.5 Å². The molecule has 0 radical (unpaired) electrons. The van der Waals surface area contributed by atoms with Gasteiger partial charge in [0.2, 0.25) is 5.91 Å². The summed E-state index contributed by atoms with van der Waals surface area (Å²) in [7, 11) is 0. The van der Waals surface area contributed by atoms with Gasteiger partial charge in [-0.2, -0.15) is 0 Å². The fraction of sp³-hybridized carbons (Fsp3) is 0.286. The maximum Gasteiger partial charge on any atom is 0.338 e. The predicted molar refractivity (Wildman–Crippen MR) is 110 cm³/mol. The van der Waals surface area contributed by atoms with E-state index in [0.717, 1.165) is 25.1 Å². The lowest BCUT2D eigenvalue weighted by Crippen LogP contribution is -2.43. The normalized spacial score (nSPS) is 18.3. The number of carbonyl (C=O) groups is 3. The van der Waals surface area contributed by atoms with E-state index in [4.69, 9.17) is 16.3 Å². The van der Waals surface area contributed by atoms with Crippen molar-refractivity contribution >= 4 is 46.4 Å².